The van der Waals surface area contributed by atoms with Gasteiger partial charge in [0.2, 0.25) is 11.8 Å². The molecule has 0 aromatic heterocycles. The number of esters is 1. The van der Waals surface area contributed by atoms with Crippen molar-refractivity contribution in [3.8, 4) is 0 Å². The number of nitrogens with zero attached hydrogens (tertiary/aromatic N) is 1. The second-order valence-corrected chi connectivity index (χ2v) is 15.8. The highest BCUT2D eigenvalue weighted by atomic mass is 32.2. The maximum atomic E-state index is 14.5. The summed E-state index contributed by atoms with van der Waals surface area (Å²) in [4.78, 5) is 52.5. The first-order valence-corrected chi connectivity index (χ1v) is 19.6. The molecule has 0 aliphatic carbocycles. The molecule has 0 saturated heterocycles. The van der Waals surface area contributed by atoms with Gasteiger partial charge in [0, 0.05) is 18.2 Å². The molecule has 55 heavy (non-hydrogen) atoms. The van der Waals surface area contributed by atoms with Crippen LogP contribution in [0.5, 0.6) is 0 Å². The lowest BCUT2D eigenvalue weighted by Gasteiger charge is -2.36. The molecule has 0 unspecified atom stereocenters. The van der Waals surface area contributed by atoms with Gasteiger partial charge in [-0.2, -0.15) is 0 Å². The molecule has 3 N–H and O–H groups in total. The molecule has 2 atom stereocenters. The number of ether oxygens (including phenoxy) is 1. The number of carbonyl (C=O) groups is 3. The van der Waals surface area contributed by atoms with Gasteiger partial charge in [-0.05, 0) is 61.0 Å². The number of carbonyl (C=O) groups excluding carboxylic acids is 3. The Balaban J connectivity index is 1.50. The maximum Gasteiger partial charge on any atom is 0.325 e. The van der Waals surface area contributed by atoms with E-state index in [1.807, 2.05) is 84.9 Å². The summed E-state index contributed by atoms with van der Waals surface area (Å²) in [5.74, 6) is -1.50. The molecule has 2 amide bonds. The molecule has 0 aliphatic heterocycles. The number of nitro benzene ring substituents is 1. The van der Waals surface area contributed by atoms with Gasteiger partial charge in [-0.25, -0.2) is 4.72 Å². The predicted molar refractivity (Wildman–Crippen MR) is 218 cm³/mol. The average molecular weight is 777 g/mol. The van der Waals surface area contributed by atoms with E-state index in [0.717, 1.165) is 34.2 Å². The first-order chi connectivity index (χ1) is 26.5. The highest BCUT2D eigenvalue weighted by Gasteiger charge is 2.39. The van der Waals surface area contributed by atoms with Crippen LogP contribution in [-0.2, 0) is 30.3 Å². The van der Waals surface area contributed by atoms with E-state index in [-0.39, 0.29) is 24.4 Å². The van der Waals surface area contributed by atoms with E-state index in [2.05, 4.69) is 51.8 Å². The van der Waals surface area contributed by atoms with Gasteiger partial charge in [0.15, 0.2) is 0 Å². The molecule has 10 nitrogen and oxygen atoms in total. The smallest absolute Gasteiger partial charge is 0.325 e. The fraction of sp³-hybridized carbons (Fsp3) is 0.233. The number of benzene rings is 5. The number of nitrogens with one attached hydrogen (secondary N) is 3. The van der Waals surface area contributed by atoms with E-state index in [0.29, 0.717) is 4.90 Å². The van der Waals surface area contributed by atoms with Gasteiger partial charge < -0.3 is 15.4 Å². The Morgan fingerprint density at radius 1 is 0.691 bits per heavy atom. The molecule has 0 fully saturated rings. The van der Waals surface area contributed by atoms with Gasteiger partial charge in [-0.1, -0.05) is 133 Å². The van der Waals surface area contributed by atoms with Crippen LogP contribution in [-0.4, -0.2) is 52.7 Å². The van der Waals surface area contributed by atoms with Crippen molar-refractivity contribution in [3.05, 3.63) is 178 Å². The van der Waals surface area contributed by atoms with Gasteiger partial charge >= 0.3 is 5.97 Å². The Bertz CT molecular complexity index is 1930. The van der Waals surface area contributed by atoms with Gasteiger partial charge in [-0.15, -0.1) is 11.8 Å². The van der Waals surface area contributed by atoms with Gasteiger partial charge in [0.25, 0.3) is 5.69 Å². The summed E-state index contributed by atoms with van der Waals surface area (Å²) in [6.45, 7) is 4.83. The van der Waals surface area contributed by atoms with Crippen LogP contribution in [0, 0.1) is 10.1 Å². The molecule has 0 saturated carbocycles. The molecule has 12 heteroatoms. The number of amides is 2. The van der Waals surface area contributed by atoms with Crippen LogP contribution in [0.2, 0.25) is 0 Å². The summed E-state index contributed by atoms with van der Waals surface area (Å²) in [6, 6.07) is 43.6. The van der Waals surface area contributed by atoms with Crippen LogP contribution in [0.25, 0.3) is 0 Å². The Hall–Kier alpha value is -5.43. The van der Waals surface area contributed by atoms with Crippen LogP contribution in [0.4, 0.5) is 5.69 Å². The predicted octanol–water partition coefficient (Wildman–Crippen LogP) is 7.47. The minimum atomic E-state index is -1.06. The molecular formula is C43H44N4O6S2. The van der Waals surface area contributed by atoms with E-state index in [4.69, 9.17) is 4.74 Å². The molecule has 0 radical (unpaired) electrons. The third-order valence-electron chi connectivity index (χ3n) is 8.44. The lowest BCUT2D eigenvalue weighted by molar-refractivity contribution is -0.387. The molecule has 0 bridgehead atoms. The van der Waals surface area contributed by atoms with Crippen LogP contribution < -0.4 is 15.4 Å². The highest BCUT2D eigenvalue weighted by Crippen LogP contribution is 2.48. The minimum absolute atomic E-state index is 0.109. The van der Waals surface area contributed by atoms with Crippen LogP contribution in [0.15, 0.2) is 150 Å². The molecule has 0 heterocycles. The van der Waals surface area contributed by atoms with Gasteiger partial charge in [0.1, 0.15) is 29.1 Å². The average Bonchev–Trinajstić information content (AvgIpc) is 3.19. The SMILES string of the molecule is CC(C)(C)OC(=O)CNC(=O)[C@H](Cc1ccccc1)NC(=O)[C@H](CSC(c1ccccc1)(c1ccccc1)c1ccccc1)NSc1ccccc1[N+](=O)[O-]. The Labute approximate surface area is 330 Å². The number of hydrogen-bond donors (Lipinski definition) is 3. The number of para-hydroxylation sites is 1. The van der Waals surface area contributed by atoms with Crippen molar-refractivity contribution in [3.63, 3.8) is 0 Å². The number of nitro groups is 1. The second kappa shape index (κ2) is 19.2. The van der Waals surface area contributed by atoms with Crippen molar-refractivity contribution in [2.24, 2.45) is 0 Å². The molecule has 5 rings (SSSR count). The molecule has 5 aromatic carbocycles. The van der Waals surface area contributed by atoms with Gasteiger partial charge in [0.05, 0.1) is 9.67 Å². The van der Waals surface area contributed by atoms with Gasteiger partial charge in [-0.3, -0.25) is 24.5 Å². The summed E-state index contributed by atoms with van der Waals surface area (Å²) in [5.41, 5.74) is 2.92. The summed E-state index contributed by atoms with van der Waals surface area (Å²) >= 11 is 2.52. The summed E-state index contributed by atoms with van der Waals surface area (Å²) in [7, 11) is 0. The molecule has 5 aromatic rings. The van der Waals surface area contributed by atoms with E-state index < -0.39 is 45.1 Å². The van der Waals surface area contributed by atoms with Crippen LogP contribution in [0.3, 0.4) is 0 Å². The van der Waals surface area contributed by atoms with Crippen molar-refractivity contribution in [2.75, 3.05) is 12.3 Å². The fourth-order valence-corrected chi connectivity index (χ4v) is 8.48. The zero-order chi connectivity index (χ0) is 39.3. The maximum absolute atomic E-state index is 14.5. The molecule has 0 spiro atoms. The molecule has 284 valence electrons. The standard InChI is InChI=1S/C43H44N4O6S2/c1-42(2,3)53-39(48)29-44-40(49)35(28-31-18-8-4-9-19-31)45-41(50)36(46-55-38-27-17-16-26-37(38)47(51)52)30-54-43(32-20-10-5-11-21-32,33-22-12-6-13-23-33)34-24-14-7-15-25-34/h4-27,35-36,46H,28-30H2,1-3H3,(H,44,49)(H,45,50)/t35-,36-/m0/s1. The van der Waals surface area contributed by atoms with Crippen molar-refractivity contribution in [1.82, 2.24) is 15.4 Å². The first-order valence-electron chi connectivity index (χ1n) is 17.8. The van der Waals surface area contributed by atoms with Crippen LogP contribution >= 0.6 is 23.7 Å². The normalized spacial score (nSPS) is 12.6. The van der Waals surface area contributed by atoms with E-state index in [9.17, 15) is 24.5 Å². The minimum Gasteiger partial charge on any atom is -0.459 e. The summed E-state index contributed by atoms with van der Waals surface area (Å²) in [6.07, 6.45) is 0.145. The summed E-state index contributed by atoms with van der Waals surface area (Å²) < 4.78 is 7.81. The van der Waals surface area contributed by atoms with Crippen molar-refractivity contribution in [2.45, 2.75) is 54.5 Å². The summed E-state index contributed by atoms with van der Waals surface area (Å²) in [5, 5.41) is 17.5. The highest BCUT2D eigenvalue weighted by molar-refractivity contribution is 8.01. The van der Waals surface area contributed by atoms with Crippen molar-refractivity contribution in [1.29, 1.82) is 0 Å². The second-order valence-electron chi connectivity index (χ2n) is 13.6. The lowest BCUT2D eigenvalue weighted by atomic mass is 9.84. The first kappa shape index (κ1) is 40.7. The fourth-order valence-electron chi connectivity index (χ4n) is 5.96. The monoisotopic (exact) mass is 776 g/mol. The Morgan fingerprint density at radius 3 is 1.69 bits per heavy atom. The quantitative estimate of drug-likeness (QED) is 0.0289. The third-order valence-corrected chi connectivity index (χ3v) is 11.0. The molecular weight excluding hydrogens is 733 g/mol. The van der Waals surface area contributed by atoms with E-state index in [1.165, 1.54) is 17.8 Å². The zero-order valence-electron chi connectivity index (χ0n) is 30.8. The Morgan fingerprint density at radius 2 is 1.18 bits per heavy atom. The largest absolute Gasteiger partial charge is 0.459 e. The Kier molecular flexibility index (Phi) is 14.3. The number of hydrogen-bond acceptors (Lipinski definition) is 9. The third kappa shape index (κ3) is 11.3. The number of thioether (sulfide) groups is 1. The van der Waals surface area contributed by atoms with Crippen molar-refractivity contribution >= 4 is 47.2 Å². The number of rotatable bonds is 17. The van der Waals surface area contributed by atoms with Crippen molar-refractivity contribution < 1.29 is 24.0 Å². The van der Waals surface area contributed by atoms with Crippen LogP contribution in [0.1, 0.15) is 43.0 Å². The molecule has 0 aliphatic rings. The van der Waals surface area contributed by atoms with E-state index in [1.54, 1.807) is 39.0 Å². The lowest BCUT2D eigenvalue weighted by Crippen LogP contribution is -2.54. The topological polar surface area (TPSA) is 140 Å². The van der Waals surface area contributed by atoms with E-state index >= 15 is 0 Å². The zero-order valence-corrected chi connectivity index (χ0v) is 32.5.